The van der Waals surface area contributed by atoms with Gasteiger partial charge in [0.1, 0.15) is 12.1 Å². The molecule has 0 spiro atoms. The van der Waals surface area contributed by atoms with Crippen LogP contribution in [0.1, 0.15) is 18.1 Å². The second kappa shape index (κ2) is 6.75. The lowest BCUT2D eigenvalue weighted by Gasteiger charge is -2.21. The number of aryl methyl sites for hydroxylation is 1. The molecular weight excluding hydrogens is 286 g/mol. The molecule has 2 unspecified atom stereocenters. The van der Waals surface area contributed by atoms with E-state index in [0.717, 1.165) is 27.8 Å². The van der Waals surface area contributed by atoms with Crippen LogP contribution < -0.4 is 5.32 Å². The van der Waals surface area contributed by atoms with E-state index in [1.165, 1.54) is 0 Å². The molecule has 2 aromatic carbocycles. The van der Waals surface area contributed by atoms with Gasteiger partial charge in [-0.3, -0.25) is 0 Å². The van der Waals surface area contributed by atoms with Gasteiger partial charge in [0.05, 0.1) is 17.7 Å². The molecule has 1 heterocycles. The van der Waals surface area contributed by atoms with E-state index in [-0.39, 0.29) is 6.04 Å². The number of aliphatic hydroxyl groups excluding tert-OH is 1. The number of aliphatic hydroxyl groups is 1. The van der Waals surface area contributed by atoms with E-state index in [2.05, 4.69) is 21.4 Å². The highest BCUT2D eigenvalue weighted by molar-refractivity contribution is 5.89. The van der Waals surface area contributed by atoms with Crippen molar-refractivity contribution in [2.24, 2.45) is 0 Å². The molecule has 1 aromatic heterocycles. The van der Waals surface area contributed by atoms with Crippen molar-refractivity contribution in [2.75, 3.05) is 5.32 Å². The number of hydrogen-bond acceptors (Lipinski definition) is 4. The maximum absolute atomic E-state index is 10.5. The zero-order valence-corrected chi connectivity index (χ0v) is 13.4. The first kappa shape index (κ1) is 15.4. The summed E-state index contributed by atoms with van der Waals surface area (Å²) in [5.74, 6) is 0.762. The Balaban J connectivity index is 1.77. The summed E-state index contributed by atoms with van der Waals surface area (Å²) >= 11 is 0. The van der Waals surface area contributed by atoms with Crippen molar-refractivity contribution >= 4 is 16.7 Å². The molecule has 4 nitrogen and oxygen atoms in total. The second-order valence-corrected chi connectivity index (χ2v) is 5.93. The van der Waals surface area contributed by atoms with E-state index >= 15 is 0 Å². The quantitative estimate of drug-likeness (QED) is 0.759. The molecule has 0 saturated heterocycles. The molecule has 118 valence electrons. The lowest BCUT2D eigenvalue weighted by atomic mass is 10.0. The van der Waals surface area contributed by atoms with Crippen molar-refractivity contribution in [3.63, 3.8) is 0 Å². The van der Waals surface area contributed by atoms with Gasteiger partial charge in [-0.2, -0.15) is 0 Å². The molecule has 3 aromatic rings. The minimum Gasteiger partial charge on any atom is -0.391 e. The van der Waals surface area contributed by atoms with Gasteiger partial charge < -0.3 is 10.4 Å². The average molecular weight is 307 g/mol. The Morgan fingerprint density at radius 1 is 1.09 bits per heavy atom. The highest BCUT2D eigenvalue weighted by Gasteiger charge is 2.16. The van der Waals surface area contributed by atoms with Crippen LogP contribution in [0.5, 0.6) is 0 Å². The fraction of sp³-hybridized carbons (Fsp3) is 0.263. The van der Waals surface area contributed by atoms with Crippen molar-refractivity contribution in [3.8, 4) is 0 Å². The lowest BCUT2D eigenvalue weighted by Crippen LogP contribution is -2.32. The summed E-state index contributed by atoms with van der Waals surface area (Å²) in [6.07, 6.45) is 1.67. The summed E-state index contributed by atoms with van der Waals surface area (Å²) in [7, 11) is 0. The number of hydrogen-bond donors (Lipinski definition) is 2. The predicted molar refractivity (Wildman–Crippen MR) is 93.5 cm³/mol. The van der Waals surface area contributed by atoms with E-state index in [1.54, 1.807) is 6.33 Å². The SMILES string of the molecule is Cc1ccc2ncnc(NC(C)C(O)Cc3ccccc3)c2c1. The summed E-state index contributed by atoms with van der Waals surface area (Å²) in [6.45, 7) is 4.02. The maximum Gasteiger partial charge on any atom is 0.137 e. The first-order chi connectivity index (χ1) is 11.1. The van der Waals surface area contributed by atoms with Gasteiger partial charge in [0.15, 0.2) is 0 Å². The van der Waals surface area contributed by atoms with Crippen molar-refractivity contribution in [1.29, 1.82) is 0 Å². The van der Waals surface area contributed by atoms with Crippen LogP contribution in [-0.4, -0.2) is 27.2 Å². The van der Waals surface area contributed by atoms with Crippen LogP contribution in [0.3, 0.4) is 0 Å². The Kier molecular flexibility index (Phi) is 4.53. The third-order valence-corrected chi connectivity index (χ3v) is 4.02. The first-order valence-corrected chi connectivity index (χ1v) is 7.83. The minimum absolute atomic E-state index is 0.117. The molecule has 0 aliphatic rings. The van der Waals surface area contributed by atoms with Crippen molar-refractivity contribution < 1.29 is 5.11 Å². The number of anilines is 1. The summed E-state index contributed by atoms with van der Waals surface area (Å²) in [5, 5.41) is 14.8. The number of rotatable bonds is 5. The topological polar surface area (TPSA) is 58.0 Å². The second-order valence-electron chi connectivity index (χ2n) is 5.93. The van der Waals surface area contributed by atoms with Gasteiger partial charge in [-0.1, -0.05) is 42.0 Å². The van der Waals surface area contributed by atoms with Gasteiger partial charge in [-0.25, -0.2) is 9.97 Å². The first-order valence-electron chi connectivity index (χ1n) is 7.83. The van der Waals surface area contributed by atoms with Crippen molar-refractivity contribution in [2.45, 2.75) is 32.4 Å². The van der Waals surface area contributed by atoms with Gasteiger partial charge in [0.2, 0.25) is 0 Å². The smallest absolute Gasteiger partial charge is 0.137 e. The van der Waals surface area contributed by atoms with E-state index in [9.17, 15) is 5.11 Å². The molecule has 23 heavy (non-hydrogen) atoms. The zero-order chi connectivity index (χ0) is 16.2. The summed E-state index contributed by atoms with van der Waals surface area (Å²) < 4.78 is 0. The predicted octanol–water partition coefficient (Wildman–Crippen LogP) is 3.34. The van der Waals surface area contributed by atoms with Gasteiger partial charge in [0.25, 0.3) is 0 Å². The Morgan fingerprint density at radius 2 is 1.87 bits per heavy atom. The van der Waals surface area contributed by atoms with Crippen molar-refractivity contribution in [1.82, 2.24) is 9.97 Å². The number of fused-ring (bicyclic) bond motifs is 1. The van der Waals surface area contributed by atoms with Crippen LogP contribution in [0.15, 0.2) is 54.9 Å². The Bertz CT molecular complexity index is 789. The van der Waals surface area contributed by atoms with Crippen LogP contribution in [0.2, 0.25) is 0 Å². The molecule has 0 fully saturated rings. The summed E-state index contributed by atoms with van der Waals surface area (Å²) in [6, 6.07) is 16.0. The molecule has 0 aliphatic carbocycles. The molecule has 0 amide bonds. The van der Waals surface area contributed by atoms with Crippen LogP contribution >= 0.6 is 0 Å². The monoisotopic (exact) mass is 307 g/mol. The zero-order valence-electron chi connectivity index (χ0n) is 13.4. The van der Waals surface area contributed by atoms with Crippen LogP contribution in [0.4, 0.5) is 5.82 Å². The minimum atomic E-state index is -0.493. The molecule has 4 heteroatoms. The van der Waals surface area contributed by atoms with Gasteiger partial charge >= 0.3 is 0 Å². The number of aromatic nitrogens is 2. The highest BCUT2D eigenvalue weighted by atomic mass is 16.3. The van der Waals surface area contributed by atoms with Crippen molar-refractivity contribution in [3.05, 3.63) is 66.0 Å². The lowest BCUT2D eigenvalue weighted by molar-refractivity contribution is 0.158. The molecule has 2 atom stereocenters. The normalized spacial score (nSPS) is 13.7. The van der Waals surface area contributed by atoms with E-state index in [1.807, 2.05) is 56.3 Å². The molecular formula is C19H21N3O. The molecule has 0 aliphatic heterocycles. The number of nitrogens with one attached hydrogen (secondary N) is 1. The van der Waals surface area contributed by atoms with E-state index in [0.29, 0.717) is 6.42 Å². The van der Waals surface area contributed by atoms with Gasteiger partial charge in [-0.05, 0) is 31.5 Å². The Labute approximate surface area is 136 Å². The highest BCUT2D eigenvalue weighted by Crippen LogP contribution is 2.21. The summed E-state index contributed by atoms with van der Waals surface area (Å²) in [4.78, 5) is 8.63. The molecule has 0 radical (unpaired) electrons. The van der Waals surface area contributed by atoms with Gasteiger partial charge in [-0.15, -0.1) is 0 Å². The number of nitrogens with zero attached hydrogens (tertiary/aromatic N) is 2. The molecule has 3 rings (SSSR count). The van der Waals surface area contributed by atoms with Gasteiger partial charge in [0, 0.05) is 11.8 Å². The largest absolute Gasteiger partial charge is 0.391 e. The third kappa shape index (κ3) is 3.66. The maximum atomic E-state index is 10.5. The molecule has 2 N–H and O–H groups in total. The third-order valence-electron chi connectivity index (χ3n) is 4.02. The summed E-state index contributed by atoms with van der Waals surface area (Å²) in [5.41, 5.74) is 3.18. The Hall–Kier alpha value is -2.46. The van der Waals surface area contributed by atoms with E-state index in [4.69, 9.17) is 0 Å². The fourth-order valence-corrected chi connectivity index (χ4v) is 2.63. The average Bonchev–Trinajstić information content (AvgIpc) is 2.56. The Morgan fingerprint density at radius 3 is 2.65 bits per heavy atom. The van der Waals surface area contributed by atoms with E-state index < -0.39 is 6.10 Å². The van der Waals surface area contributed by atoms with Crippen LogP contribution in [0, 0.1) is 6.92 Å². The van der Waals surface area contributed by atoms with Crippen LogP contribution in [-0.2, 0) is 6.42 Å². The van der Waals surface area contributed by atoms with Crippen LogP contribution in [0.25, 0.3) is 10.9 Å². The fourth-order valence-electron chi connectivity index (χ4n) is 2.63. The number of benzene rings is 2. The molecule has 0 saturated carbocycles. The molecule has 0 bridgehead atoms. The standard InChI is InChI=1S/C19H21N3O/c1-13-8-9-17-16(10-13)19(21-12-20-17)22-14(2)18(23)11-15-6-4-3-5-7-15/h3-10,12,14,18,23H,11H2,1-2H3,(H,20,21,22).